The average molecular weight is 458 g/mol. The van der Waals surface area contributed by atoms with Crippen LogP contribution < -0.4 is 26.6 Å². The fourth-order valence-corrected chi connectivity index (χ4v) is 3.35. The molecule has 0 fully saturated rings. The number of hydrogen-bond acceptors (Lipinski definition) is 7. The van der Waals surface area contributed by atoms with E-state index in [-0.39, 0.29) is 22.6 Å². The SMILES string of the molecule is N#CCC1(O)C(=O)Nc2c(NC(=O)Nc3cccnc3)cc(NC(=O)Nc3cccnc3)cc21. The van der Waals surface area contributed by atoms with Crippen molar-refractivity contribution in [3.63, 3.8) is 0 Å². The Kier molecular flexibility index (Phi) is 6.02. The fraction of sp³-hybridized carbons (Fsp3) is 0.0909. The summed E-state index contributed by atoms with van der Waals surface area (Å²) in [6, 6.07) is 9.82. The van der Waals surface area contributed by atoms with Gasteiger partial charge in [0.05, 0.1) is 47.6 Å². The summed E-state index contributed by atoms with van der Waals surface area (Å²) >= 11 is 0. The first-order valence-electron chi connectivity index (χ1n) is 9.94. The highest BCUT2D eigenvalue weighted by Crippen LogP contribution is 2.44. The molecule has 34 heavy (non-hydrogen) atoms. The van der Waals surface area contributed by atoms with Crippen LogP contribution in [0.4, 0.5) is 38.0 Å². The topological polar surface area (TPSA) is 181 Å². The Morgan fingerprint density at radius 2 is 1.56 bits per heavy atom. The first-order valence-corrected chi connectivity index (χ1v) is 9.94. The first kappa shape index (κ1) is 22.2. The number of pyridine rings is 2. The Morgan fingerprint density at radius 3 is 2.12 bits per heavy atom. The summed E-state index contributed by atoms with van der Waals surface area (Å²) in [5.41, 5.74) is -0.891. The normalized spacial score (nSPS) is 15.9. The van der Waals surface area contributed by atoms with Gasteiger partial charge in [-0.05, 0) is 36.4 Å². The second kappa shape index (κ2) is 9.23. The summed E-state index contributed by atoms with van der Waals surface area (Å²) in [5.74, 6) is -0.822. The van der Waals surface area contributed by atoms with Crippen molar-refractivity contribution in [2.24, 2.45) is 0 Å². The van der Waals surface area contributed by atoms with Gasteiger partial charge in [0.2, 0.25) is 0 Å². The minimum atomic E-state index is -2.15. The molecule has 4 rings (SSSR count). The van der Waals surface area contributed by atoms with E-state index in [1.807, 2.05) is 0 Å². The number of nitriles is 1. The van der Waals surface area contributed by atoms with Gasteiger partial charge in [-0.3, -0.25) is 14.8 Å². The van der Waals surface area contributed by atoms with Crippen LogP contribution in [-0.2, 0) is 10.4 Å². The average Bonchev–Trinajstić information content (AvgIpc) is 3.05. The van der Waals surface area contributed by atoms with Crippen LogP contribution in [0.15, 0.2) is 61.2 Å². The number of carbonyl (C=O) groups is 3. The van der Waals surface area contributed by atoms with Gasteiger partial charge in [0.15, 0.2) is 5.60 Å². The van der Waals surface area contributed by atoms with Crippen molar-refractivity contribution in [3.8, 4) is 6.07 Å². The van der Waals surface area contributed by atoms with Gasteiger partial charge in [-0.15, -0.1) is 0 Å². The molecule has 0 saturated carbocycles. The van der Waals surface area contributed by atoms with Crippen molar-refractivity contribution in [3.05, 3.63) is 66.7 Å². The van der Waals surface area contributed by atoms with Crippen LogP contribution in [0, 0.1) is 11.3 Å². The van der Waals surface area contributed by atoms with E-state index in [9.17, 15) is 19.5 Å². The second-order valence-electron chi connectivity index (χ2n) is 7.24. The second-order valence-corrected chi connectivity index (χ2v) is 7.24. The number of benzene rings is 1. The molecule has 2 aromatic heterocycles. The molecule has 0 aliphatic carbocycles. The molecular formula is C22H18N8O4. The summed E-state index contributed by atoms with van der Waals surface area (Å²) in [6.45, 7) is 0. The Labute approximate surface area is 193 Å². The van der Waals surface area contributed by atoms with Gasteiger partial charge in [0.1, 0.15) is 0 Å². The van der Waals surface area contributed by atoms with E-state index in [1.165, 1.54) is 24.5 Å². The Morgan fingerprint density at radius 1 is 0.971 bits per heavy atom. The van der Waals surface area contributed by atoms with Crippen LogP contribution in [0.1, 0.15) is 12.0 Å². The fourth-order valence-electron chi connectivity index (χ4n) is 3.35. The summed E-state index contributed by atoms with van der Waals surface area (Å²) in [6.07, 6.45) is 5.47. The van der Waals surface area contributed by atoms with E-state index < -0.39 is 30.0 Å². The lowest BCUT2D eigenvalue weighted by Gasteiger charge is -2.19. The van der Waals surface area contributed by atoms with Gasteiger partial charge >= 0.3 is 12.1 Å². The summed E-state index contributed by atoms with van der Waals surface area (Å²) < 4.78 is 0. The van der Waals surface area contributed by atoms with Gasteiger partial charge in [-0.1, -0.05) is 0 Å². The number of rotatable bonds is 5. The van der Waals surface area contributed by atoms with E-state index in [0.717, 1.165) is 0 Å². The Balaban J connectivity index is 1.64. The number of amides is 5. The van der Waals surface area contributed by atoms with Crippen LogP contribution >= 0.6 is 0 Å². The van der Waals surface area contributed by atoms with Gasteiger partial charge in [0, 0.05) is 23.6 Å². The minimum Gasteiger partial charge on any atom is -0.374 e. The smallest absolute Gasteiger partial charge is 0.323 e. The van der Waals surface area contributed by atoms with Crippen molar-refractivity contribution in [2.45, 2.75) is 12.0 Å². The van der Waals surface area contributed by atoms with Gasteiger partial charge in [-0.2, -0.15) is 5.26 Å². The number of anilines is 5. The van der Waals surface area contributed by atoms with E-state index in [1.54, 1.807) is 42.7 Å². The molecule has 3 aromatic rings. The van der Waals surface area contributed by atoms with E-state index in [4.69, 9.17) is 5.26 Å². The lowest BCUT2D eigenvalue weighted by atomic mass is 9.91. The first-order chi connectivity index (χ1) is 16.4. The third-order valence-corrected chi connectivity index (χ3v) is 4.88. The lowest BCUT2D eigenvalue weighted by molar-refractivity contribution is -0.133. The molecule has 1 atom stereocenters. The van der Waals surface area contributed by atoms with Gasteiger partial charge in [-0.25, -0.2) is 9.59 Å². The molecular weight excluding hydrogens is 440 g/mol. The number of aromatic nitrogens is 2. The van der Waals surface area contributed by atoms with Crippen molar-refractivity contribution in [2.75, 3.05) is 26.6 Å². The third kappa shape index (κ3) is 4.59. The van der Waals surface area contributed by atoms with Crippen LogP contribution in [0.5, 0.6) is 0 Å². The molecule has 5 amide bonds. The molecule has 0 spiro atoms. The van der Waals surface area contributed by atoms with Crippen molar-refractivity contribution in [1.82, 2.24) is 9.97 Å². The van der Waals surface area contributed by atoms with E-state index >= 15 is 0 Å². The zero-order valence-electron chi connectivity index (χ0n) is 17.5. The molecule has 1 unspecified atom stereocenters. The maximum absolute atomic E-state index is 12.5. The predicted molar refractivity (Wildman–Crippen MR) is 123 cm³/mol. The highest BCUT2D eigenvalue weighted by atomic mass is 16.3. The Hall–Kier alpha value is -5.02. The third-order valence-electron chi connectivity index (χ3n) is 4.88. The number of nitrogens with one attached hydrogen (secondary N) is 5. The highest BCUT2D eigenvalue weighted by molar-refractivity contribution is 6.12. The molecule has 3 heterocycles. The molecule has 12 heteroatoms. The molecule has 12 nitrogen and oxygen atoms in total. The van der Waals surface area contributed by atoms with Crippen LogP contribution in [-0.4, -0.2) is 33.0 Å². The zero-order valence-corrected chi connectivity index (χ0v) is 17.5. The maximum atomic E-state index is 12.5. The number of hydrogen-bond donors (Lipinski definition) is 6. The maximum Gasteiger partial charge on any atom is 0.323 e. The monoisotopic (exact) mass is 458 g/mol. The molecule has 0 radical (unpaired) electrons. The lowest BCUT2D eigenvalue weighted by Crippen LogP contribution is -2.33. The number of fused-ring (bicyclic) bond motifs is 1. The zero-order chi connectivity index (χ0) is 24.1. The van der Waals surface area contributed by atoms with Crippen molar-refractivity contribution in [1.29, 1.82) is 5.26 Å². The van der Waals surface area contributed by atoms with Crippen LogP contribution in [0.2, 0.25) is 0 Å². The van der Waals surface area contributed by atoms with Gasteiger partial charge in [0.25, 0.3) is 5.91 Å². The van der Waals surface area contributed by atoms with Gasteiger partial charge < -0.3 is 31.7 Å². The minimum absolute atomic E-state index is 0.0369. The molecule has 1 aliphatic rings. The highest BCUT2D eigenvalue weighted by Gasteiger charge is 2.46. The number of urea groups is 2. The molecule has 6 N–H and O–H groups in total. The summed E-state index contributed by atoms with van der Waals surface area (Å²) in [5, 5.41) is 32.9. The standard InChI is InChI=1S/C22H18N8O4/c23-6-5-22(34)16-9-15(28-20(32)26-13-3-1-7-24-11-13)10-17(18(16)30-19(22)31)29-21(33)27-14-4-2-8-25-12-14/h1-4,7-12,34H,5H2,(H,30,31)(H2,26,28,32)(H2,27,29,33). The van der Waals surface area contributed by atoms with Crippen LogP contribution in [0.3, 0.4) is 0 Å². The van der Waals surface area contributed by atoms with Crippen molar-refractivity contribution >= 4 is 46.4 Å². The number of carbonyl (C=O) groups excluding carboxylic acids is 3. The Bertz CT molecular complexity index is 1290. The molecule has 1 aliphatic heterocycles. The summed E-state index contributed by atoms with van der Waals surface area (Å²) in [7, 11) is 0. The largest absolute Gasteiger partial charge is 0.374 e. The predicted octanol–water partition coefficient (Wildman–Crippen LogP) is 2.82. The molecule has 170 valence electrons. The van der Waals surface area contributed by atoms with E-state index in [2.05, 4.69) is 36.6 Å². The number of aliphatic hydroxyl groups is 1. The molecule has 1 aromatic carbocycles. The van der Waals surface area contributed by atoms with Crippen molar-refractivity contribution < 1.29 is 19.5 Å². The quantitative estimate of drug-likeness (QED) is 0.340. The van der Waals surface area contributed by atoms with E-state index in [0.29, 0.717) is 11.4 Å². The summed E-state index contributed by atoms with van der Waals surface area (Å²) in [4.78, 5) is 45.3. The number of nitrogens with zero attached hydrogens (tertiary/aromatic N) is 3. The molecule has 0 saturated heterocycles. The van der Waals surface area contributed by atoms with Crippen LogP contribution in [0.25, 0.3) is 0 Å². The molecule has 0 bridgehead atoms.